The van der Waals surface area contributed by atoms with E-state index in [1.807, 2.05) is 32.8 Å². The molecule has 0 saturated carbocycles. The average Bonchev–Trinajstić information content (AvgIpc) is 2.40. The van der Waals surface area contributed by atoms with Crippen LogP contribution in [0.15, 0.2) is 27.4 Å². The molecule has 1 N–H and O–H groups in total. The number of fused-ring (bicyclic) bond motifs is 1. The van der Waals surface area contributed by atoms with Gasteiger partial charge in [-0.25, -0.2) is 0 Å². The SMILES string of the molecule is Cc1cc2oc(C(=O)NCCN(C)C)cc(=O)c2cc1C. The molecule has 5 nitrogen and oxygen atoms in total. The van der Waals surface area contributed by atoms with Crippen molar-refractivity contribution >= 4 is 16.9 Å². The Morgan fingerprint density at radius 3 is 2.52 bits per heavy atom. The molecule has 112 valence electrons. The third-order valence-electron chi connectivity index (χ3n) is 3.41. The van der Waals surface area contributed by atoms with Crippen molar-refractivity contribution in [2.75, 3.05) is 27.2 Å². The normalized spacial score (nSPS) is 11.1. The summed E-state index contributed by atoms with van der Waals surface area (Å²) in [7, 11) is 3.85. The number of benzene rings is 1. The van der Waals surface area contributed by atoms with E-state index < -0.39 is 0 Å². The predicted molar refractivity (Wildman–Crippen MR) is 82.8 cm³/mol. The Bertz CT molecular complexity index is 732. The van der Waals surface area contributed by atoms with E-state index in [0.717, 1.165) is 17.7 Å². The van der Waals surface area contributed by atoms with Gasteiger partial charge in [0.2, 0.25) is 0 Å². The summed E-state index contributed by atoms with van der Waals surface area (Å²) in [6.45, 7) is 5.11. The molecule has 5 heteroatoms. The van der Waals surface area contributed by atoms with Crippen LogP contribution in [-0.2, 0) is 0 Å². The zero-order valence-electron chi connectivity index (χ0n) is 12.8. The lowest BCUT2D eigenvalue weighted by atomic mass is 10.1. The third kappa shape index (κ3) is 3.49. The highest BCUT2D eigenvalue weighted by Crippen LogP contribution is 2.17. The number of carbonyl (C=O) groups excluding carboxylic acids is 1. The predicted octanol–water partition coefficient (Wildman–Crippen LogP) is 1.70. The summed E-state index contributed by atoms with van der Waals surface area (Å²) >= 11 is 0. The van der Waals surface area contributed by atoms with E-state index in [2.05, 4.69) is 5.32 Å². The van der Waals surface area contributed by atoms with Crippen LogP contribution in [0.1, 0.15) is 21.7 Å². The van der Waals surface area contributed by atoms with E-state index in [0.29, 0.717) is 17.5 Å². The van der Waals surface area contributed by atoms with Gasteiger partial charge < -0.3 is 14.6 Å². The van der Waals surface area contributed by atoms with Crippen LogP contribution < -0.4 is 10.7 Å². The first-order valence-corrected chi connectivity index (χ1v) is 6.86. The monoisotopic (exact) mass is 288 g/mol. The molecule has 21 heavy (non-hydrogen) atoms. The largest absolute Gasteiger partial charge is 0.451 e. The van der Waals surface area contributed by atoms with Crippen LogP contribution in [0.3, 0.4) is 0 Å². The molecule has 0 radical (unpaired) electrons. The van der Waals surface area contributed by atoms with Gasteiger partial charge in [0.25, 0.3) is 5.91 Å². The number of carbonyl (C=O) groups is 1. The fraction of sp³-hybridized carbons (Fsp3) is 0.375. The van der Waals surface area contributed by atoms with Crippen molar-refractivity contribution in [1.82, 2.24) is 10.2 Å². The molecule has 0 unspecified atom stereocenters. The highest BCUT2D eigenvalue weighted by atomic mass is 16.3. The number of likely N-dealkylation sites (N-methyl/N-ethyl adjacent to an activating group) is 1. The van der Waals surface area contributed by atoms with Crippen LogP contribution >= 0.6 is 0 Å². The second kappa shape index (κ2) is 6.10. The molecule has 0 bridgehead atoms. The molecule has 0 saturated heterocycles. The summed E-state index contributed by atoms with van der Waals surface area (Å²) < 4.78 is 5.57. The summed E-state index contributed by atoms with van der Waals surface area (Å²) in [5.74, 6) is -0.316. The lowest BCUT2D eigenvalue weighted by Crippen LogP contribution is -2.31. The molecule has 1 heterocycles. The smallest absolute Gasteiger partial charge is 0.287 e. The zero-order valence-corrected chi connectivity index (χ0v) is 12.8. The van der Waals surface area contributed by atoms with Crippen LogP contribution in [0.25, 0.3) is 11.0 Å². The Morgan fingerprint density at radius 1 is 1.19 bits per heavy atom. The molecule has 0 aliphatic heterocycles. The lowest BCUT2D eigenvalue weighted by molar-refractivity contribution is 0.0924. The molecular weight excluding hydrogens is 268 g/mol. The van der Waals surface area contributed by atoms with E-state index in [1.165, 1.54) is 6.07 Å². The molecule has 1 aromatic carbocycles. The van der Waals surface area contributed by atoms with Crippen LogP contribution in [0.4, 0.5) is 0 Å². The summed E-state index contributed by atoms with van der Waals surface area (Å²) in [6, 6.07) is 4.84. The zero-order chi connectivity index (χ0) is 15.6. The van der Waals surface area contributed by atoms with Crippen LogP contribution in [0, 0.1) is 13.8 Å². The minimum absolute atomic E-state index is 0.0505. The highest BCUT2D eigenvalue weighted by Gasteiger charge is 2.12. The fourth-order valence-electron chi connectivity index (χ4n) is 2.00. The number of hydrogen-bond donors (Lipinski definition) is 1. The number of aryl methyl sites for hydroxylation is 2. The standard InChI is InChI=1S/C16H20N2O3/c1-10-7-12-13(19)9-15(21-14(12)8-11(10)2)16(20)17-5-6-18(3)4/h7-9H,5-6H2,1-4H3,(H,17,20). The van der Waals surface area contributed by atoms with E-state index in [4.69, 9.17) is 4.42 Å². The maximum atomic E-state index is 12.1. The Kier molecular flexibility index (Phi) is 4.43. The lowest BCUT2D eigenvalue weighted by Gasteiger charge is -2.10. The van der Waals surface area contributed by atoms with Crippen molar-refractivity contribution in [3.05, 3.63) is 45.3 Å². The Hall–Kier alpha value is -2.14. The molecular formula is C16H20N2O3. The van der Waals surface area contributed by atoms with Crippen molar-refractivity contribution < 1.29 is 9.21 Å². The van der Waals surface area contributed by atoms with Gasteiger partial charge >= 0.3 is 0 Å². The maximum Gasteiger partial charge on any atom is 0.287 e. The van der Waals surface area contributed by atoms with Crippen molar-refractivity contribution in [3.63, 3.8) is 0 Å². The fourth-order valence-corrected chi connectivity index (χ4v) is 2.00. The second-order valence-electron chi connectivity index (χ2n) is 5.47. The Labute approximate surface area is 123 Å². The van der Waals surface area contributed by atoms with Crippen LogP contribution in [-0.4, -0.2) is 38.0 Å². The van der Waals surface area contributed by atoms with E-state index in [1.54, 1.807) is 12.1 Å². The Morgan fingerprint density at radius 2 is 1.86 bits per heavy atom. The molecule has 0 aliphatic carbocycles. The Balaban J connectivity index is 2.31. The van der Waals surface area contributed by atoms with E-state index in [9.17, 15) is 9.59 Å². The van der Waals surface area contributed by atoms with Gasteiger partial charge in [0, 0.05) is 19.2 Å². The number of nitrogens with one attached hydrogen (secondary N) is 1. The molecule has 2 aromatic rings. The van der Waals surface area contributed by atoms with Gasteiger partial charge in [0.1, 0.15) is 5.58 Å². The maximum absolute atomic E-state index is 12.1. The van der Waals surface area contributed by atoms with E-state index >= 15 is 0 Å². The molecule has 0 aliphatic rings. The summed E-state index contributed by atoms with van der Waals surface area (Å²) in [5.41, 5.74) is 2.30. The van der Waals surface area contributed by atoms with Gasteiger partial charge in [-0.2, -0.15) is 0 Å². The van der Waals surface area contributed by atoms with Gasteiger partial charge in [-0.05, 0) is 51.2 Å². The first kappa shape index (κ1) is 15.3. The minimum atomic E-state index is -0.367. The van der Waals surface area contributed by atoms with Crippen molar-refractivity contribution in [3.8, 4) is 0 Å². The number of hydrogen-bond acceptors (Lipinski definition) is 4. The molecule has 0 atom stereocenters. The minimum Gasteiger partial charge on any atom is -0.451 e. The number of amides is 1. The molecule has 2 rings (SSSR count). The topological polar surface area (TPSA) is 62.6 Å². The quantitative estimate of drug-likeness (QED) is 0.930. The summed E-state index contributed by atoms with van der Waals surface area (Å²) in [6.07, 6.45) is 0. The highest BCUT2D eigenvalue weighted by molar-refractivity contribution is 5.93. The van der Waals surface area contributed by atoms with Crippen LogP contribution in [0.5, 0.6) is 0 Å². The first-order chi connectivity index (χ1) is 9.88. The average molecular weight is 288 g/mol. The number of nitrogens with zero attached hydrogens (tertiary/aromatic N) is 1. The first-order valence-electron chi connectivity index (χ1n) is 6.86. The van der Waals surface area contributed by atoms with Crippen molar-refractivity contribution in [2.45, 2.75) is 13.8 Å². The van der Waals surface area contributed by atoms with Gasteiger partial charge in [-0.3, -0.25) is 9.59 Å². The van der Waals surface area contributed by atoms with Gasteiger partial charge in [0.15, 0.2) is 11.2 Å². The van der Waals surface area contributed by atoms with Gasteiger partial charge in [-0.15, -0.1) is 0 Å². The van der Waals surface area contributed by atoms with E-state index in [-0.39, 0.29) is 17.1 Å². The molecule has 1 amide bonds. The second-order valence-corrected chi connectivity index (χ2v) is 5.47. The van der Waals surface area contributed by atoms with Crippen molar-refractivity contribution in [1.29, 1.82) is 0 Å². The van der Waals surface area contributed by atoms with Crippen molar-refractivity contribution in [2.24, 2.45) is 0 Å². The number of rotatable bonds is 4. The summed E-state index contributed by atoms with van der Waals surface area (Å²) in [5, 5.41) is 3.24. The van der Waals surface area contributed by atoms with Gasteiger partial charge in [-0.1, -0.05) is 0 Å². The third-order valence-corrected chi connectivity index (χ3v) is 3.41. The van der Waals surface area contributed by atoms with Gasteiger partial charge in [0.05, 0.1) is 5.39 Å². The molecule has 0 spiro atoms. The molecule has 0 fully saturated rings. The summed E-state index contributed by atoms with van der Waals surface area (Å²) in [4.78, 5) is 26.1. The molecule has 1 aromatic heterocycles. The van der Waals surface area contributed by atoms with Crippen LogP contribution in [0.2, 0.25) is 0 Å².